The normalized spacial score (nSPS) is 10.3. The molecule has 16 heavy (non-hydrogen) atoms. The van der Waals surface area contributed by atoms with Crippen molar-refractivity contribution in [3.8, 4) is 0 Å². The maximum atomic E-state index is 10.7. The van der Waals surface area contributed by atoms with E-state index in [1.54, 1.807) is 6.21 Å². The first kappa shape index (κ1) is 12.2. The monoisotopic (exact) mass is 221 g/mol. The molecule has 0 amide bonds. The fourth-order valence-corrected chi connectivity index (χ4v) is 1.08. The Morgan fingerprint density at radius 1 is 1.38 bits per heavy atom. The molecule has 0 aliphatic rings. The van der Waals surface area contributed by atoms with Crippen molar-refractivity contribution in [1.29, 1.82) is 0 Å². The van der Waals surface area contributed by atoms with Gasteiger partial charge in [0.05, 0.1) is 13.5 Å². The van der Waals surface area contributed by atoms with Crippen molar-refractivity contribution in [1.82, 2.24) is 0 Å². The minimum atomic E-state index is -0.241. The molecule has 0 unspecified atom stereocenters. The number of benzene rings is 1. The van der Waals surface area contributed by atoms with Gasteiger partial charge in [0.2, 0.25) is 0 Å². The molecule has 0 radical (unpaired) electrons. The number of carbonyl (C=O) groups is 1. The maximum absolute atomic E-state index is 10.7. The molecule has 1 aromatic rings. The van der Waals surface area contributed by atoms with E-state index < -0.39 is 0 Å². The van der Waals surface area contributed by atoms with E-state index in [4.69, 9.17) is 4.84 Å². The van der Waals surface area contributed by atoms with Gasteiger partial charge in [-0.25, -0.2) is 0 Å². The van der Waals surface area contributed by atoms with Crippen LogP contribution in [-0.4, -0.2) is 19.3 Å². The van der Waals surface area contributed by atoms with Crippen LogP contribution >= 0.6 is 0 Å². The van der Waals surface area contributed by atoms with Crippen LogP contribution in [0, 0.1) is 0 Å². The number of nitrogens with zero attached hydrogens (tertiary/aromatic N) is 1. The Kier molecular flexibility index (Phi) is 5.70. The van der Waals surface area contributed by atoms with Gasteiger partial charge in [-0.3, -0.25) is 4.79 Å². The van der Waals surface area contributed by atoms with Crippen LogP contribution in [0.4, 0.5) is 0 Å². The summed E-state index contributed by atoms with van der Waals surface area (Å²) in [6.45, 7) is 0.440. The summed E-state index contributed by atoms with van der Waals surface area (Å²) in [4.78, 5) is 15.8. The van der Waals surface area contributed by atoms with Gasteiger partial charge in [0.25, 0.3) is 0 Å². The van der Waals surface area contributed by atoms with Gasteiger partial charge in [0, 0.05) is 6.21 Å². The van der Waals surface area contributed by atoms with E-state index >= 15 is 0 Å². The van der Waals surface area contributed by atoms with Crippen molar-refractivity contribution in [2.24, 2.45) is 5.16 Å². The van der Waals surface area contributed by atoms with Crippen molar-refractivity contribution < 1.29 is 14.4 Å². The summed E-state index contributed by atoms with van der Waals surface area (Å²) in [5.74, 6) is -0.241. The van der Waals surface area contributed by atoms with E-state index in [-0.39, 0.29) is 5.97 Å². The van der Waals surface area contributed by atoms with Gasteiger partial charge in [0.1, 0.15) is 6.61 Å². The van der Waals surface area contributed by atoms with Gasteiger partial charge in [0.15, 0.2) is 0 Å². The van der Waals surface area contributed by atoms with Crippen LogP contribution < -0.4 is 0 Å². The molecule has 0 saturated carbocycles. The second kappa shape index (κ2) is 7.45. The smallest absolute Gasteiger partial charge is 0.305 e. The predicted octanol–water partition coefficient (Wildman–Crippen LogP) is 2.14. The second-order valence-electron chi connectivity index (χ2n) is 3.16. The molecular formula is C12H15NO3. The molecule has 0 N–H and O–H groups in total. The van der Waals surface area contributed by atoms with Crippen LogP contribution in [0.2, 0.25) is 0 Å². The van der Waals surface area contributed by atoms with Crippen LogP contribution in [0.5, 0.6) is 0 Å². The molecular weight excluding hydrogens is 206 g/mol. The quantitative estimate of drug-likeness (QED) is 0.420. The van der Waals surface area contributed by atoms with E-state index in [2.05, 4.69) is 9.89 Å². The number of hydrogen-bond donors (Lipinski definition) is 0. The van der Waals surface area contributed by atoms with Crippen molar-refractivity contribution in [3.05, 3.63) is 35.9 Å². The average Bonchev–Trinajstić information content (AvgIpc) is 2.34. The van der Waals surface area contributed by atoms with Crippen LogP contribution in [0.25, 0.3) is 0 Å². The molecule has 0 bridgehead atoms. The largest absolute Gasteiger partial charge is 0.469 e. The Morgan fingerprint density at radius 2 is 2.12 bits per heavy atom. The lowest BCUT2D eigenvalue weighted by Crippen LogP contribution is -1.99. The highest BCUT2D eigenvalue weighted by atomic mass is 16.6. The van der Waals surface area contributed by atoms with Gasteiger partial charge in [-0.15, -0.1) is 0 Å². The van der Waals surface area contributed by atoms with Crippen LogP contribution in [0.3, 0.4) is 0 Å². The van der Waals surface area contributed by atoms with Crippen molar-refractivity contribution >= 4 is 12.2 Å². The minimum Gasteiger partial charge on any atom is -0.469 e. The van der Waals surface area contributed by atoms with Crippen molar-refractivity contribution in [2.75, 3.05) is 7.11 Å². The molecule has 0 aliphatic carbocycles. The number of hydrogen-bond acceptors (Lipinski definition) is 4. The van der Waals surface area contributed by atoms with Crippen LogP contribution in [0.15, 0.2) is 35.5 Å². The van der Waals surface area contributed by atoms with E-state index in [0.29, 0.717) is 19.4 Å². The predicted molar refractivity (Wildman–Crippen MR) is 61.0 cm³/mol. The highest BCUT2D eigenvalue weighted by Gasteiger charge is 1.96. The third-order valence-electron chi connectivity index (χ3n) is 1.93. The van der Waals surface area contributed by atoms with Crippen molar-refractivity contribution in [2.45, 2.75) is 19.4 Å². The molecule has 0 heterocycles. The lowest BCUT2D eigenvalue weighted by Gasteiger charge is -1.98. The first-order valence-corrected chi connectivity index (χ1v) is 5.07. The Labute approximate surface area is 94.9 Å². The molecule has 4 heteroatoms. The maximum Gasteiger partial charge on any atom is 0.305 e. The third kappa shape index (κ3) is 5.14. The van der Waals surface area contributed by atoms with Crippen LogP contribution in [-0.2, 0) is 21.0 Å². The summed E-state index contributed by atoms with van der Waals surface area (Å²) in [6, 6.07) is 9.76. The summed E-state index contributed by atoms with van der Waals surface area (Å²) < 4.78 is 4.48. The second-order valence-corrected chi connectivity index (χ2v) is 3.16. The molecule has 1 aromatic carbocycles. The van der Waals surface area contributed by atoms with E-state index in [0.717, 1.165) is 5.56 Å². The summed E-state index contributed by atoms with van der Waals surface area (Å²) in [5, 5.41) is 3.74. The summed E-state index contributed by atoms with van der Waals surface area (Å²) >= 11 is 0. The zero-order valence-corrected chi connectivity index (χ0v) is 9.26. The van der Waals surface area contributed by atoms with Gasteiger partial charge in [-0.05, 0) is 12.0 Å². The molecule has 4 nitrogen and oxygen atoms in total. The highest BCUT2D eigenvalue weighted by Crippen LogP contribution is 2.00. The van der Waals surface area contributed by atoms with Gasteiger partial charge < -0.3 is 9.57 Å². The highest BCUT2D eigenvalue weighted by molar-refractivity contribution is 5.73. The van der Waals surface area contributed by atoms with Gasteiger partial charge in [-0.2, -0.15) is 0 Å². The first-order chi connectivity index (χ1) is 7.83. The lowest BCUT2D eigenvalue weighted by atomic mass is 10.2. The topological polar surface area (TPSA) is 47.9 Å². The molecule has 0 aliphatic heterocycles. The Morgan fingerprint density at radius 3 is 2.81 bits per heavy atom. The van der Waals surface area contributed by atoms with Crippen LogP contribution in [0.1, 0.15) is 18.4 Å². The molecule has 0 fully saturated rings. The molecule has 0 spiro atoms. The number of ether oxygens (including phenoxy) is 1. The molecule has 0 saturated heterocycles. The number of esters is 1. The summed E-state index contributed by atoms with van der Waals surface area (Å²) in [5.41, 5.74) is 1.06. The average molecular weight is 221 g/mol. The number of rotatable bonds is 6. The Hall–Kier alpha value is -1.84. The van der Waals surface area contributed by atoms with E-state index in [1.165, 1.54) is 7.11 Å². The number of methoxy groups -OCH3 is 1. The molecule has 0 aromatic heterocycles. The molecule has 0 atom stereocenters. The van der Waals surface area contributed by atoms with Crippen molar-refractivity contribution in [3.63, 3.8) is 0 Å². The Balaban J connectivity index is 2.11. The third-order valence-corrected chi connectivity index (χ3v) is 1.93. The zero-order valence-electron chi connectivity index (χ0n) is 9.26. The first-order valence-electron chi connectivity index (χ1n) is 5.07. The van der Waals surface area contributed by atoms with E-state index in [1.807, 2.05) is 30.3 Å². The summed E-state index contributed by atoms with van der Waals surface area (Å²) in [6.07, 6.45) is 2.43. The number of oxime groups is 1. The molecule has 86 valence electrons. The number of carbonyl (C=O) groups excluding carboxylic acids is 1. The summed E-state index contributed by atoms with van der Waals surface area (Å²) in [7, 11) is 1.37. The fourth-order valence-electron chi connectivity index (χ4n) is 1.08. The molecule has 1 rings (SSSR count). The van der Waals surface area contributed by atoms with Gasteiger partial charge >= 0.3 is 5.97 Å². The minimum absolute atomic E-state index is 0.241. The fraction of sp³-hybridized carbons (Fsp3) is 0.333. The standard InChI is InChI=1S/C12H15NO3/c1-15-12(14)8-5-9-13-16-10-11-6-3-2-4-7-11/h2-4,6-7,9H,5,8,10H2,1H3/b13-9+. The zero-order chi connectivity index (χ0) is 11.6. The van der Waals surface area contributed by atoms with Gasteiger partial charge in [-0.1, -0.05) is 35.5 Å². The SMILES string of the molecule is COC(=O)CC/C=N/OCc1ccccc1. The van der Waals surface area contributed by atoms with E-state index in [9.17, 15) is 4.79 Å². The lowest BCUT2D eigenvalue weighted by molar-refractivity contribution is -0.140. The Bertz CT molecular complexity index is 335.